The zero-order chi connectivity index (χ0) is 25.4. The van der Waals surface area contributed by atoms with E-state index in [-0.39, 0.29) is 11.3 Å². The van der Waals surface area contributed by atoms with Crippen LogP contribution in [0.1, 0.15) is 83.1 Å². The maximum Gasteiger partial charge on any atom is 0.228 e. The van der Waals surface area contributed by atoms with Crippen molar-refractivity contribution in [2.45, 2.75) is 89.1 Å². The molecule has 4 aliphatic heterocycles. The second-order valence-electron chi connectivity index (χ2n) is 12.2. The number of thioether (sulfide) groups is 1. The van der Waals surface area contributed by atoms with Crippen molar-refractivity contribution in [1.82, 2.24) is 20.4 Å². The first-order valence-electron chi connectivity index (χ1n) is 15.1. The van der Waals surface area contributed by atoms with Gasteiger partial charge in [-0.05, 0) is 62.3 Å². The van der Waals surface area contributed by atoms with Crippen LogP contribution in [-0.4, -0.2) is 60.0 Å². The first-order valence-corrected chi connectivity index (χ1v) is 16.0. The molecule has 4 heterocycles. The van der Waals surface area contributed by atoms with E-state index in [1.165, 1.54) is 48.5 Å². The van der Waals surface area contributed by atoms with Gasteiger partial charge in [-0.1, -0.05) is 68.8 Å². The summed E-state index contributed by atoms with van der Waals surface area (Å²) in [4.78, 5) is 21.1. The number of hydrogen-bond acceptors (Lipinski definition) is 5. The molecule has 1 aliphatic carbocycles. The van der Waals surface area contributed by atoms with Gasteiger partial charge in [0.05, 0.1) is 5.92 Å². The highest BCUT2D eigenvalue weighted by molar-refractivity contribution is 8.03. The van der Waals surface area contributed by atoms with Crippen LogP contribution in [-0.2, 0) is 4.79 Å². The average Bonchev–Trinajstić information content (AvgIpc) is 3.70. The fourth-order valence-corrected chi connectivity index (χ4v) is 9.87. The lowest BCUT2D eigenvalue weighted by Gasteiger charge is -2.47. The smallest absolute Gasteiger partial charge is 0.228 e. The highest BCUT2D eigenvalue weighted by Gasteiger charge is 2.55. The highest BCUT2D eigenvalue weighted by Crippen LogP contribution is 2.56. The normalized spacial score (nSPS) is 34.4. The molecule has 1 aromatic rings. The number of benzene rings is 1. The van der Waals surface area contributed by atoms with E-state index in [0.29, 0.717) is 29.3 Å². The van der Waals surface area contributed by atoms with Crippen LogP contribution < -0.4 is 10.6 Å². The predicted octanol–water partition coefficient (Wildman–Crippen LogP) is 5.51. The number of nitrogens with zero attached hydrogens (tertiary/aromatic N) is 2. The lowest BCUT2D eigenvalue weighted by molar-refractivity contribution is -0.143. The van der Waals surface area contributed by atoms with E-state index in [2.05, 4.69) is 76.4 Å². The molecule has 3 saturated heterocycles. The summed E-state index contributed by atoms with van der Waals surface area (Å²) < 4.78 is 0. The molecule has 1 amide bonds. The van der Waals surface area contributed by atoms with E-state index in [1.807, 2.05) is 0 Å². The number of allylic oxidation sites excluding steroid dienone is 1. The Hall–Kier alpha value is -1.50. The Morgan fingerprint density at radius 2 is 1.89 bits per heavy atom. The van der Waals surface area contributed by atoms with Crippen LogP contribution in [0.15, 0.2) is 40.9 Å². The minimum Gasteiger partial charge on any atom is -0.364 e. The monoisotopic (exact) mass is 522 g/mol. The fraction of sp³-hybridized carbons (Fsp3) is 0.710. The third-order valence-electron chi connectivity index (χ3n) is 10.3. The van der Waals surface area contributed by atoms with E-state index >= 15 is 0 Å². The summed E-state index contributed by atoms with van der Waals surface area (Å²) in [6.07, 6.45) is 10.6. The molecule has 2 N–H and O–H groups in total. The van der Waals surface area contributed by atoms with E-state index < -0.39 is 0 Å². The molecular weight excluding hydrogens is 476 g/mol. The SMILES string of the molecule is CCC(CC)[C@@H]1C[C@H](c2ccccc2)CCN1C(=O)[C@@H]1CNC[C@]12CCCC1=C2SC(N2CCCC2)N1. The molecule has 1 aromatic carbocycles. The lowest BCUT2D eigenvalue weighted by atomic mass is 9.69. The van der Waals surface area contributed by atoms with Crippen LogP contribution in [0.5, 0.6) is 0 Å². The van der Waals surface area contributed by atoms with Crippen molar-refractivity contribution in [2.75, 3.05) is 32.7 Å². The first kappa shape index (κ1) is 25.8. The summed E-state index contributed by atoms with van der Waals surface area (Å²) in [5.74, 6) is 1.64. The van der Waals surface area contributed by atoms with Gasteiger partial charge in [-0.25, -0.2) is 0 Å². The van der Waals surface area contributed by atoms with E-state index in [0.717, 1.165) is 58.2 Å². The number of nitrogens with one attached hydrogen (secondary N) is 2. The summed E-state index contributed by atoms with van der Waals surface area (Å²) in [6, 6.07) is 11.4. The van der Waals surface area contributed by atoms with Gasteiger partial charge in [0, 0.05) is 54.8 Å². The fourth-order valence-electron chi connectivity index (χ4n) is 8.23. The standard InChI is InChI=1S/C31H46N4OS/c1-3-22(4-2)27-19-24(23-11-6-5-7-12-23)14-18-35(27)29(36)25-20-32-21-31(25)15-10-13-26-28(31)37-30(33-26)34-16-8-9-17-34/h5-7,11-12,22,24-25,27,30,32-33H,3-4,8-10,13-21H2,1-2H3/t24-,25+,27+,30?,31-/m1/s1. The van der Waals surface area contributed by atoms with Gasteiger partial charge in [-0.3, -0.25) is 9.69 Å². The molecule has 3 fully saturated rings. The molecule has 1 spiro atoms. The maximum absolute atomic E-state index is 14.6. The van der Waals surface area contributed by atoms with Crippen molar-refractivity contribution in [1.29, 1.82) is 0 Å². The quantitative estimate of drug-likeness (QED) is 0.516. The van der Waals surface area contributed by atoms with Gasteiger partial charge in [-0.15, -0.1) is 0 Å². The molecule has 202 valence electrons. The van der Waals surface area contributed by atoms with Crippen LogP contribution in [0.25, 0.3) is 0 Å². The Bertz CT molecular complexity index is 988. The van der Waals surface area contributed by atoms with Crippen LogP contribution in [0.4, 0.5) is 0 Å². The number of likely N-dealkylation sites (tertiary alicyclic amines) is 2. The molecule has 0 saturated carbocycles. The molecule has 5 nitrogen and oxygen atoms in total. The minimum absolute atomic E-state index is 0.0223. The zero-order valence-corrected chi connectivity index (χ0v) is 23.7. The van der Waals surface area contributed by atoms with E-state index in [4.69, 9.17) is 0 Å². The highest BCUT2D eigenvalue weighted by atomic mass is 32.2. The summed E-state index contributed by atoms with van der Waals surface area (Å²) >= 11 is 2.05. The van der Waals surface area contributed by atoms with E-state index in [9.17, 15) is 4.79 Å². The van der Waals surface area contributed by atoms with Crippen molar-refractivity contribution < 1.29 is 4.79 Å². The molecule has 6 heteroatoms. The zero-order valence-electron chi connectivity index (χ0n) is 22.9. The van der Waals surface area contributed by atoms with Gasteiger partial charge in [0.25, 0.3) is 0 Å². The maximum atomic E-state index is 14.6. The largest absolute Gasteiger partial charge is 0.364 e. The van der Waals surface area contributed by atoms with Crippen molar-refractivity contribution >= 4 is 17.7 Å². The molecule has 5 atom stereocenters. The summed E-state index contributed by atoms with van der Waals surface area (Å²) in [7, 11) is 0. The van der Waals surface area contributed by atoms with Crippen molar-refractivity contribution in [3.8, 4) is 0 Å². The number of amides is 1. The number of carbonyl (C=O) groups excluding carboxylic acids is 1. The van der Waals surface area contributed by atoms with Crippen molar-refractivity contribution in [2.24, 2.45) is 17.3 Å². The van der Waals surface area contributed by atoms with Crippen molar-refractivity contribution in [3.05, 3.63) is 46.5 Å². The van der Waals surface area contributed by atoms with E-state index in [1.54, 1.807) is 0 Å². The average molecular weight is 523 g/mol. The van der Waals surface area contributed by atoms with Gasteiger partial charge in [0.1, 0.15) is 5.50 Å². The predicted molar refractivity (Wildman–Crippen MR) is 153 cm³/mol. The Kier molecular flexibility index (Phi) is 7.61. The molecule has 37 heavy (non-hydrogen) atoms. The Balaban J connectivity index is 1.25. The Morgan fingerprint density at radius 3 is 2.65 bits per heavy atom. The second-order valence-corrected chi connectivity index (χ2v) is 13.3. The van der Waals surface area contributed by atoms with Crippen LogP contribution >= 0.6 is 11.8 Å². The van der Waals surface area contributed by atoms with Gasteiger partial charge in [0.15, 0.2) is 0 Å². The topological polar surface area (TPSA) is 47.6 Å². The lowest BCUT2D eigenvalue weighted by Crippen LogP contribution is -2.54. The van der Waals surface area contributed by atoms with Crippen molar-refractivity contribution in [3.63, 3.8) is 0 Å². The second kappa shape index (κ2) is 10.9. The molecule has 0 radical (unpaired) electrons. The summed E-state index contributed by atoms with van der Waals surface area (Å²) in [5, 5.41) is 7.63. The number of rotatable bonds is 6. The van der Waals surface area contributed by atoms with Gasteiger partial charge in [-0.2, -0.15) is 0 Å². The number of carbonyl (C=O) groups is 1. The van der Waals surface area contributed by atoms with Gasteiger partial charge in [0.2, 0.25) is 5.91 Å². The van der Waals surface area contributed by atoms with Crippen LogP contribution in [0, 0.1) is 17.3 Å². The molecule has 1 unspecified atom stereocenters. The molecule has 6 rings (SSSR count). The van der Waals surface area contributed by atoms with Crippen LogP contribution in [0.3, 0.4) is 0 Å². The molecule has 5 aliphatic rings. The molecular formula is C31H46N4OS. The first-order chi connectivity index (χ1) is 18.1. The van der Waals surface area contributed by atoms with Gasteiger partial charge < -0.3 is 15.5 Å². The number of piperidine rings is 1. The number of hydrogen-bond donors (Lipinski definition) is 2. The summed E-state index contributed by atoms with van der Waals surface area (Å²) in [6.45, 7) is 9.73. The third-order valence-corrected chi connectivity index (χ3v) is 11.8. The Morgan fingerprint density at radius 1 is 1.11 bits per heavy atom. The minimum atomic E-state index is -0.0223. The summed E-state index contributed by atoms with van der Waals surface area (Å²) in [5.41, 5.74) is 3.26. The third kappa shape index (κ3) is 4.65. The molecule has 0 bridgehead atoms. The molecule has 0 aromatic heterocycles. The number of fused-ring (bicyclic) bond motifs is 1. The van der Waals surface area contributed by atoms with Gasteiger partial charge >= 0.3 is 0 Å². The Labute approximate surface area is 228 Å². The van der Waals surface area contributed by atoms with Crippen LogP contribution in [0.2, 0.25) is 0 Å².